The van der Waals surface area contributed by atoms with Crippen LogP contribution in [0.15, 0.2) is 22.8 Å². The van der Waals surface area contributed by atoms with Gasteiger partial charge in [0.15, 0.2) is 0 Å². The zero-order valence-electron chi connectivity index (χ0n) is 8.05. The van der Waals surface area contributed by atoms with Gasteiger partial charge in [0.1, 0.15) is 5.76 Å². The third-order valence-electron chi connectivity index (χ3n) is 2.49. The highest BCUT2D eigenvalue weighted by molar-refractivity contribution is 5.85. The van der Waals surface area contributed by atoms with Gasteiger partial charge in [-0.25, -0.2) is 0 Å². The minimum Gasteiger partial charge on any atom is -0.481 e. The van der Waals surface area contributed by atoms with E-state index in [0.29, 0.717) is 12.3 Å². The SMILES string of the molecule is O=C(O)[C@H]1CC(=O)N(Cc2ccco2)C1. The maximum absolute atomic E-state index is 11.4. The van der Waals surface area contributed by atoms with E-state index in [4.69, 9.17) is 9.52 Å². The summed E-state index contributed by atoms with van der Waals surface area (Å²) in [7, 11) is 0. The van der Waals surface area contributed by atoms with E-state index >= 15 is 0 Å². The molecule has 5 nitrogen and oxygen atoms in total. The largest absolute Gasteiger partial charge is 0.481 e. The van der Waals surface area contributed by atoms with Crippen LogP contribution >= 0.6 is 0 Å². The molecule has 0 aliphatic carbocycles. The van der Waals surface area contributed by atoms with Crippen molar-refractivity contribution in [1.82, 2.24) is 4.90 Å². The standard InChI is InChI=1S/C10H11NO4/c12-9-4-7(10(13)14)5-11(9)6-8-2-1-3-15-8/h1-3,7H,4-6H2,(H,13,14)/t7-/m0/s1. The van der Waals surface area contributed by atoms with Crippen molar-refractivity contribution in [3.63, 3.8) is 0 Å². The molecular formula is C10H11NO4. The minimum atomic E-state index is -0.912. The van der Waals surface area contributed by atoms with Gasteiger partial charge in [0.05, 0.1) is 18.7 Å². The van der Waals surface area contributed by atoms with Gasteiger partial charge in [-0.3, -0.25) is 9.59 Å². The first-order chi connectivity index (χ1) is 7.16. The predicted molar refractivity (Wildman–Crippen MR) is 49.9 cm³/mol. The molecule has 5 heteroatoms. The van der Waals surface area contributed by atoms with Gasteiger partial charge in [-0.15, -0.1) is 0 Å². The smallest absolute Gasteiger partial charge is 0.308 e. The number of amides is 1. The lowest BCUT2D eigenvalue weighted by Gasteiger charge is -2.13. The van der Waals surface area contributed by atoms with Crippen molar-refractivity contribution in [2.45, 2.75) is 13.0 Å². The summed E-state index contributed by atoms with van der Waals surface area (Å²) < 4.78 is 5.10. The van der Waals surface area contributed by atoms with Gasteiger partial charge in [0.2, 0.25) is 5.91 Å². The zero-order chi connectivity index (χ0) is 10.8. The van der Waals surface area contributed by atoms with E-state index < -0.39 is 11.9 Å². The first-order valence-electron chi connectivity index (χ1n) is 4.70. The molecule has 0 unspecified atom stereocenters. The molecule has 1 aromatic heterocycles. The van der Waals surface area contributed by atoms with Crippen LogP contribution in [0.5, 0.6) is 0 Å². The fraction of sp³-hybridized carbons (Fsp3) is 0.400. The molecule has 1 fully saturated rings. The van der Waals surface area contributed by atoms with E-state index in [2.05, 4.69) is 0 Å². The molecular weight excluding hydrogens is 198 g/mol. The molecule has 1 aliphatic heterocycles. The molecule has 1 atom stereocenters. The Kier molecular flexibility index (Phi) is 2.45. The molecule has 2 rings (SSSR count). The summed E-state index contributed by atoms with van der Waals surface area (Å²) in [6.07, 6.45) is 1.63. The third-order valence-corrected chi connectivity index (χ3v) is 2.49. The van der Waals surface area contributed by atoms with E-state index in [9.17, 15) is 9.59 Å². The number of carboxylic acids is 1. The number of rotatable bonds is 3. The topological polar surface area (TPSA) is 70.8 Å². The minimum absolute atomic E-state index is 0.0933. The van der Waals surface area contributed by atoms with Crippen LogP contribution in [-0.2, 0) is 16.1 Å². The van der Waals surface area contributed by atoms with Crippen molar-refractivity contribution in [3.05, 3.63) is 24.2 Å². The first-order valence-corrected chi connectivity index (χ1v) is 4.70. The second kappa shape index (κ2) is 3.76. The average molecular weight is 209 g/mol. The second-order valence-corrected chi connectivity index (χ2v) is 3.59. The summed E-state index contributed by atoms with van der Waals surface area (Å²) in [6, 6.07) is 3.51. The van der Waals surface area contributed by atoms with Gasteiger partial charge in [-0.1, -0.05) is 0 Å². The molecule has 1 amide bonds. The second-order valence-electron chi connectivity index (χ2n) is 3.59. The van der Waals surface area contributed by atoms with Crippen molar-refractivity contribution >= 4 is 11.9 Å². The quantitative estimate of drug-likeness (QED) is 0.795. The molecule has 1 aromatic rings. The molecule has 2 heterocycles. The summed E-state index contributed by atoms with van der Waals surface area (Å²) >= 11 is 0. The number of nitrogens with zero attached hydrogens (tertiary/aromatic N) is 1. The fourth-order valence-corrected chi connectivity index (χ4v) is 1.68. The van der Waals surface area contributed by atoms with Gasteiger partial charge in [-0.2, -0.15) is 0 Å². The monoisotopic (exact) mass is 209 g/mol. The molecule has 80 valence electrons. The maximum Gasteiger partial charge on any atom is 0.308 e. The van der Waals surface area contributed by atoms with Crippen LogP contribution in [-0.4, -0.2) is 28.4 Å². The zero-order valence-corrected chi connectivity index (χ0v) is 8.05. The van der Waals surface area contributed by atoms with Crippen LogP contribution in [0, 0.1) is 5.92 Å². The number of carbonyl (C=O) groups excluding carboxylic acids is 1. The van der Waals surface area contributed by atoms with Crippen LogP contribution in [0.1, 0.15) is 12.2 Å². The van der Waals surface area contributed by atoms with E-state index in [1.807, 2.05) is 0 Å². The molecule has 0 radical (unpaired) electrons. The lowest BCUT2D eigenvalue weighted by atomic mass is 10.1. The number of hydrogen-bond donors (Lipinski definition) is 1. The van der Waals surface area contributed by atoms with Gasteiger partial charge < -0.3 is 14.4 Å². The summed E-state index contributed by atoms with van der Waals surface area (Å²) in [5.74, 6) is -0.939. The Morgan fingerprint density at radius 2 is 2.47 bits per heavy atom. The Labute approximate surface area is 86.3 Å². The molecule has 1 aliphatic rings. The number of furan rings is 1. The number of hydrogen-bond acceptors (Lipinski definition) is 3. The Bertz CT molecular complexity index is 371. The average Bonchev–Trinajstić information content (AvgIpc) is 2.77. The highest BCUT2D eigenvalue weighted by Gasteiger charge is 2.34. The summed E-state index contributed by atoms with van der Waals surface area (Å²) in [4.78, 5) is 23.6. The Hall–Kier alpha value is -1.78. The summed E-state index contributed by atoms with van der Waals surface area (Å²) in [5.41, 5.74) is 0. The Morgan fingerprint density at radius 1 is 1.67 bits per heavy atom. The van der Waals surface area contributed by atoms with Gasteiger partial charge >= 0.3 is 5.97 Å². The van der Waals surface area contributed by atoms with Crippen molar-refractivity contribution in [2.24, 2.45) is 5.92 Å². The van der Waals surface area contributed by atoms with Gasteiger partial charge in [0.25, 0.3) is 0 Å². The molecule has 0 spiro atoms. The Morgan fingerprint density at radius 3 is 3.00 bits per heavy atom. The van der Waals surface area contributed by atoms with Crippen LogP contribution in [0.3, 0.4) is 0 Å². The predicted octanol–water partition coefficient (Wildman–Crippen LogP) is 0.713. The number of likely N-dealkylation sites (tertiary alicyclic amines) is 1. The van der Waals surface area contributed by atoms with Crippen LogP contribution in [0.2, 0.25) is 0 Å². The maximum atomic E-state index is 11.4. The number of carboxylic acid groups (broad SMARTS) is 1. The lowest BCUT2D eigenvalue weighted by molar-refractivity contribution is -0.141. The van der Waals surface area contributed by atoms with E-state index in [1.165, 1.54) is 11.2 Å². The van der Waals surface area contributed by atoms with Crippen molar-refractivity contribution in [1.29, 1.82) is 0 Å². The van der Waals surface area contributed by atoms with E-state index in [-0.39, 0.29) is 18.9 Å². The van der Waals surface area contributed by atoms with Crippen LogP contribution in [0.25, 0.3) is 0 Å². The van der Waals surface area contributed by atoms with Crippen molar-refractivity contribution < 1.29 is 19.1 Å². The van der Waals surface area contributed by atoms with Crippen LogP contribution < -0.4 is 0 Å². The molecule has 0 aromatic carbocycles. The molecule has 0 bridgehead atoms. The summed E-state index contributed by atoms with van der Waals surface area (Å²) in [5, 5.41) is 8.77. The highest BCUT2D eigenvalue weighted by atomic mass is 16.4. The number of carbonyl (C=O) groups is 2. The lowest BCUT2D eigenvalue weighted by Crippen LogP contribution is -2.25. The van der Waals surface area contributed by atoms with Gasteiger partial charge in [-0.05, 0) is 12.1 Å². The molecule has 15 heavy (non-hydrogen) atoms. The third kappa shape index (κ3) is 2.01. The highest BCUT2D eigenvalue weighted by Crippen LogP contribution is 2.20. The molecule has 0 saturated carbocycles. The number of aliphatic carboxylic acids is 1. The van der Waals surface area contributed by atoms with E-state index in [0.717, 1.165) is 0 Å². The van der Waals surface area contributed by atoms with Crippen molar-refractivity contribution in [2.75, 3.05) is 6.54 Å². The van der Waals surface area contributed by atoms with Crippen molar-refractivity contribution in [3.8, 4) is 0 Å². The molecule has 1 N–H and O–H groups in total. The fourth-order valence-electron chi connectivity index (χ4n) is 1.68. The molecule has 1 saturated heterocycles. The van der Waals surface area contributed by atoms with Gasteiger partial charge in [0, 0.05) is 13.0 Å². The normalized spacial score (nSPS) is 20.9. The van der Waals surface area contributed by atoms with Crippen LogP contribution in [0.4, 0.5) is 0 Å². The van der Waals surface area contributed by atoms with E-state index in [1.54, 1.807) is 12.1 Å². The first kappa shape index (κ1) is 9.76. The Balaban J connectivity index is 2.00. The summed E-state index contributed by atoms with van der Waals surface area (Å²) in [6.45, 7) is 0.629.